The summed E-state index contributed by atoms with van der Waals surface area (Å²) < 4.78 is 13.4. The molecule has 3 N–H and O–H groups in total. The molecule has 0 aliphatic heterocycles. The van der Waals surface area contributed by atoms with E-state index in [0.29, 0.717) is 34.0 Å². The summed E-state index contributed by atoms with van der Waals surface area (Å²) in [6.07, 6.45) is 5.86. The second-order valence-corrected chi connectivity index (χ2v) is 8.01. The number of carbonyl (C=O) groups excluding carboxylic acids is 1. The van der Waals surface area contributed by atoms with Crippen molar-refractivity contribution in [1.29, 1.82) is 0 Å². The van der Waals surface area contributed by atoms with Crippen molar-refractivity contribution in [2.75, 3.05) is 18.2 Å². The van der Waals surface area contributed by atoms with Crippen molar-refractivity contribution in [1.82, 2.24) is 24.5 Å². The van der Waals surface area contributed by atoms with E-state index in [-0.39, 0.29) is 11.9 Å². The molecule has 0 spiro atoms. The smallest absolute Gasteiger partial charge is 0.321 e. The van der Waals surface area contributed by atoms with E-state index in [4.69, 9.17) is 15.2 Å². The molecule has 3 aromatic heterocycles. The molecule has 0 aliphatic rings. The summed E-state index contributed by atoms with van der Waals surface area (Å²) in [4.78, 5) is 28.6. The number of ether oxygens (including phenoxy) is 2. The summed E-state index contributed by atoms with van der Waals surface area (Å²) in [5.74, 6) is 1.03. The zero-order valence-electron chi connectivity index (χ0n) is 20.2. The predicted octanol–water partition coefficient (Wildman–Crippen LogP) is 4.60. The van der Waals surface area contributed by atoms with Crippen molar-refractivity contribution >= 4 is 28.4 Å². The second-order valence-electron chi connectivity index (χ2n) is 8.01. The van der Waals surface area contributed by atoms with Gasteiger partial charge in [0.2, 0.25) is 5.91 Å². The molecular weight excluding hydrogens is 470 g/mol. The van der Waals surface area contributed by atoms with Crippen LogP contribution in [0.15, 0.2) is 79.9 Å². The molecule has 0 fully saturated rings. The van der Waals surface area contributed by atoms with Crippen LogP contribution in [0.1, 0.15) is 0 Å². The Balaban J connectivity index is 1.66. The van der Waals surface area contributed by atoms with E-state index in [1.165, 1.54) is 12.4 Å². The van der Waals surface area contributed by atoms with Crippen LogP contribution in [0.3, 0.4) is 0 Å². The van der Waals surface area contributed by atoms with Gasteiger partial charge in [0.15, 0.2) is 11.5 Å². The van der Waals surface area contributed by atoms with E-state index in [9.17, 15) is 4.79 Å². The lowest BCUT2D eigenvalue weighted by Gasteiger charge is -2.13. The minimum absolute atomic E-state index is 0.209. The summed E-state index contributed by atoms with van der Waals surface area (Å²) in [6.45, 7) is 3.49. The number of hydrogen-bond donors (Lipinski definition) is 2. The fraction of sp³-hybridized carbons (Fsp3) is 0.0741. The zero-order valence-corrected chi connectivity index (χ0v) is 20.2. The van der Waals surface area contributed by atoms with Crippen LogP contribution in [0.5, 0.6) is 17.5 Å². The normalized spacial score (nSPS) is 10.8. The number of rotatable bonds is 7. The molecule has 0 saturated heterocycles. The summed E-state index contributed by atoms with van der Waals surface area (Å²) in [6, 6.07) is 15.0. The monoisotopic (exact) mass is 493 g/mol. The third-order valence-electron chi connectivity index (χ3n) is 5.80. The first-order chi connectivity index (χ1) is 18.0. The lowest BCUT2D eigenvalue weighted by Crippen LogP contribution is -2.06. The largest absolute Gasteiger partial charge is 0.493 e. The van der Waals surface area contributed by atoms with Gasteiger partial charge in [0.05, 0.1) is 18.2 Å². The summed E-state index contributed by atoms with van der Waals surface area (Å²) in [7, 11) is 3.48. The number of aryl methyl sites for hydroxylation is 1. The number of hydrogen-bond acceptors (Lipinski definition) is 8. The molecule has 5 rings (SSSR count). The number of fused-ring (bicyclic) bond motifs is 1. The first kappa shape index (κ1) is 23.5. The van der Waals surface area contributed by atoms with Gasteiger partial charge in [-0.3, -0.25) is 4.79 Å². The number of nitrogens with two attached hydrogens (primary N) is 1. The molecule has 0 aliphatic carbocycles. The molecule has 3 heterocycles. The van der Waals surface area contributed by atoms with Crippen molar-refractivity contribution < 1.29 is 14.3 Å². The molecule has 184 valence electrons. The van der Waals surface area contributed by atoms with Crippen LogP contribution in [0.2, 0.25) is 0 Å². The highest BCUT2D eigenvalue weighted by atomic mass is 16.5. The third kappa shape index (κ3) is 4.43. The molecule has 0 bridgehead atoms. The maximum Gasteiger partial charge on any atom is 0.321 e. The van der Waals surface area contributed by atoms with Gasteiger partial charge in [0.25, 0.3) is 0 Å². The van der Waals surface area contributed by atoms with Crippen LogP contribution in [0.4, 0.5) is 11.5 Å². The molecule has 1 amide bonds. The number of nitrogens with zero attached hydrogens (tertiary/aromatic N) is 5. The highest BCUT2D eigenvalue weighted by molar-refractivity contribution is 6.08. The highest BCUT2D eigenvalue weighted by Gasteiger charge is 2.23. The van der Waals surface area contributed by atoms with Gasteiger partial charge in [-0.2, -0.15) is 0 Å². The number of benzene rings is 2. The Kier molecular flexibility index (Phi) is 6.21. The van der Waals surface area contributed by atoms with Crippen LogP contribution in [0, 0.1) is 0 Å². The second kappa shape index (κ2) is 9.78. The van der Waals surface area contributed by atoms with E-state index in [0.717, 1.165) is 22.4 Å². The SMILES string of the molecule is C=CC(=O)Nc1ccc(-c2c(-c3ccc(Oc4ncccn4)c(OC)c3)c3c(N)ncnc3n2C)cc1. The van der Waals surface area contributed by atoms with E-state index < -0.39 is 0 Å². The molecular formula is C27H23N7O3. The Hall–Kier alpha value is -5.25. The zero-order chi connectivity index (χ0) is 25.9. The highest BCUT2D eigenvalue weighted by Crippen LogP contribution is 2.44. The van der Waals surface area contributed by atoms with Gasteiger partial charge < -0.3 is 25.1 Å². The fourth-order valence-electron chi connectivity index (χ4n) is 4.14. The molecule has 0 unspecified atom stereocenters. The minimum atomic E-state index is -0.281. The molecule has 0 atom stereocenters. The topological polar surface area (TPSA) is 130 Å². The fourth-order valence-corrected chi connectivity index (χ4v) is 4.14. The van der Waals surface area contributed by atoms with Crippen molar-refractivity contribution in [3.05, 3.63) is 79.9 Å². The van der Waals surface area contributed by atoms with Crippen LogP contribution in [-0.2, 0) is 11.8 Å². The third-order valence-corrected chi connectivity index (χ3v) is 5.80. The summed E-state index contributed by atoms with van der Waals surface area (Å²) in [5.41, 5.74) is 11.1. The van der Waals surface area contributed by atoms with Crippen molar-refractivity contribution in [3.8, 4) is 39.9 Å². The standard InChI is InChI=1S/C27H23N7O3/c1-4-21(35)33-18-9-6-16(7-10-18)24-22(23-25(28)31-15-32-26(23)34(24)2)17-8-11-19(20(14-17)36-3)37-27-29-12-5-13-30-27/h4-15H,1H2,2-3H3,(H,33,35)(H2,28,31,32). The Bertz CT molecular complexity index is 1610. The number of anilines is 2. The number of methoxy groups -OCH3 is 1. The molecule has 5 aromatic rings. The lowest BCUT2D eigenvalue weighted by molar-refractivity contribution is -0.111. The maximum atomic E-state index is 11.7. The van der Waals surface area contributed by atoms with E-state index in [1.807, 2.05) is 48.0 Å². The molecule has 2 aromatic carbocycles. The van der Waals surface area contributed by atoms with Gasteiger partial charge in [-0.1, -0.05) is 24.8 Å². The van der Waals surface area contributed by atoms with Gasteiger partial charge in [-0.05, 0) is 47.5 Å². The van der Waals surface area contributed by atoms with Crippen LogP contribution >= 0.6 is 0 Å². The average molecular weight is 494 g/mol. The first-order valence-electron chi connectivity index (χ1n) is 11.3. The maximum absolute atomic E-state index is 11.7. The van der Waals surface area contributed by atoms with E-state index >= 15 is 0 Å². The number of nitrogen functional groups attached to an aromatic ring is 1. The Labute approximate surface area is 212 Å². The molecule has 0 saturated carbocycles. The van der Waals surface area contributed by atoms with Gasteiger partial charge in [0.1, 0.15) is 17.8 Å². The quantitative estimate of drug-likeness (QED) is 0.315. The number of nitrogens with one attached hydrogen (secondary N) is 1. The summed E-state index contributed by atoms with van der Waals surface area (Å²) in [5, 5.41) is 3.48. The van der Waals surface area contributed by atoms with E-state index in [2.05, 4.69) is 31.8 Å². The molecule has 10 nitrogen and oxygen atoms in total. The number of amides is 1. The predicted molar refractivity (Wildman–Crippen MR) is 141 cm³/mol. The number of carbonyl (C=O) groups is 1. The number of aromatic nitrogens is 5. The van der Waals surface area contributed by atoms with Crippen LogP contribution in [-0.4, -0.2) is 37.5 Å². The van der Waals surface area contributed by atoms with Crippen molar-refractivity contribution in [3.63, 3.8) is 0 Å². The van der Waals surface area contributed by atoms with Crippen LogP contribution < -0.4 is 20.5 Å². The molecule has 10 heteroatoms. The van der Waals surface area contributed by atoms with Gasteiger partial charge in [-0.15, -0.1) is 0 Å². The molecule has 0 radical (unpaired) electrons. The van der Waals surface area contributed by atoms with Gasteiger partial charge >= 0.3 is 6.01 Å². The van der Waals surface area contributed by atoms with E-state index in [1.54, 1.807) is 31.6 Å². The minimum Gasteiger partial charge on any atom is -0.493 e. The summed E-state index contributed by atoms with van der Waals surface area (Å²) >= 11 is 0. The molecule has 37 heavy (non-hydrogen) atoms. The van der Waals surface area contributed by atoms with Crippen LogP contribution in [0.25, 0.3) is 33.4 Å². The Morgan fingerprint density at radius 1 is 1.03 bits per heavy atom. The Morgan fingerprint density at radius 3 is 2.46 bits per heavy atom. The van der Waals surface area contributed by atoms with Gasteiger partial charge in [0, 0.05) is 30.7 Å². The van der Waals surface area contributed by atoms with Crippen molar-refractivity contribution in [2.24, 2.45) is 7.05 Å². The van der Waals surface area contributed by atoms with Gasteiger partial charge in [-0.25, -0.2) is 19.9 Å². The average Bonchev–Trinajstić information content (AvgIpc) is 3.23. The Morgan fingerprint density at radius 2 is 1.76 bits per heavy atom. The van der Waals surface area contributed by atoms with Crippen molar-refractivity contribution in [2.45, 2.75) is 0 Å². The first-order valence-corrected chi connectivity index (χ1v) is 11.3. The lowest BCUT2D eigenvalue weighted by atomic mass is 9.98.